The van der Waals surface area contributed by atoms with Gasteiger partial charge in [0.2, 0.25) is 0 Å². The van der Waals surface area contributed by atoms with Crippen molar-refractivity contribution in [2.75, 3.05) is 19.0 Å². The number of esters is 1. The van der Waals surface area contributed by atoms with Gasteiger partial charge in [-0.25, -0.2) is 13.6 Å². The molecule has 1 aromatic rings. The summed E-state index contributed by atoms with van der Waals surface area (Å²) in [5.74, 6) is -3.97. The van der Waals surface area contributed by atoms with Crippen LogP contribution < -0.4 is 5.32 Å². The highest BCUT2D eigenvalue weighted by molar-refractivity contribution is 5.90. The van der Waals surface area contributed by atoms with E-state index in [1.165, 1.54) is 0 Å². The fourth-order valence-electron chi connectivity index (χ4n) is 1.29. The van der Waals surface area contributed by atoms with Crippen LogP contribution in [-0.2, 0) is 4.74 Å². The smallest absolute Gasteiger partial charge is 0.390 e. The normalized spacial score (nSPS) is 11.3. The fraction of sp³-hybridized carbons (Fsp3) is 0.364. The summed E-state index contributed by atoms with van der Waals surface area (Å²) in [4.78, 5) is 11.0. The average molecular weight is 283 g/mol. The number of rotatable bonds is 4. The van der Waals surface area contributed by atoms with E-state index in [0.29, 0.717) is 0 Å². The van der Waals surface area contributed by atoms with E-state index in [1.54, 1.807) is 0 Å². The number of ether oxygens (including phenoxy) is 1. The summed E-state index contributed by atoms with van der Waals surface area (Å²) in [6.07, 6.45) is -5.58. The number of anilines is 1. The van der Waals surface area contributed by atoms with Crippen LogP contribution in [0.5, 0.6) is 0 Å². The molecule has 0 fully saturated rings. The Hall–Kier alpha value is -1.86. The van der Waals surface area contributed by atoms with Crippen molar-refractivity contribution in [3.63, 3.8) is 0 Å². The molecule has 0 saturated carbocycles. The van der Waals surface area contributed by atoms with Gasteiger partial charge in [-0.2, -0.15) is 13.2 Å². The van der Waals surface area contributed by atoms with Crippen LogP contribution >= 0.6 is 0 Å². The molecule has 0 aliphatic carbocycles. The van der Waals surface area contributed by atoms with Crippen LogP contribution in [0.25, 0.3) is 0 Å². The van der Waals surface area contributed by atoms with E-state index in [1.807, 2.05) is 0 Å². The van der Waals surface area contributed by atoms with Gasteiger partial charge in [-0.1, -0.05) is 0 Å². The molecule has 1 N–H and O–H groups in total. The van der Waals surface area contributed by atoms with Crippen molar-refractivity contribution >= 4 is 11.7 Å². The summed E-state index contributed by atoms with van der Waals surface area (Å²) in [7, 11) is 0.995. The molecular weight excluding hydrogens is 273 g/mol. The number of carbonyl (C=O) groups excluding carboxylic acids is 1. The molecule has 0 amide bonds. The first-order valence-corrected chi connectivity index (χ1v) is 5.13. The average Bonchev–Trinajstić information content (AvgIpc) is 2.32. The number of nitrogens with one attached hydrogen (secondary N) is 1. The predicted octanol–water partition coefficient (Wildman–Crippen LogP) is 3.12. The molecule has 3 nitrogen and oxygen atoms in total. The van der Waals surface area contributed by atoms with E-state index in [4.69, 9.17) is 0 Å². The van der Waals surface area contributed by atoms with E-state index >= 15 is 0 Å². The monoisotopic (exact) mass is 283 g/mol. The molecule has 0 saturated heterocycles. The highest BCUT2D eigenvalue weighted by atomic mass is 19.4. The zero-order valence-electron chi connectivity index (χ0n) is 9.78. The van der Waals surface area contributed by atoms with Gasteiger partial charge in [-0.15, -0.1) is 0 Å². The number of hydrogen-bond donors (Lipinski definition) is 1. The van der Waals surface area contributed by atoms with Crippen molar-refractivity contribution in [1.29, 1.82) is 0 Å². The summed E-state index contributed by atoms with van der Waals surface area (Å²) < 4.78 is 66.8. The minimum atomic E-state index is -4.39. The topological polar surface area (TPSA) is 38.3 Å². The van der Waals surface area contributed by atoms with Gasteiger partial charge in [-0.3, -0.25) is 0 Å². The number of benzene rings is 1. The molecule has 1 rings (SSSR count). The lowest BCUT2D eigenvalue weighted by Gasteiger charge is -2.11. The third-order valence-corrected chi connectivity index (χ3v) is 2.21. The molecule has 8 heteroatoms. The van der Waals surface area contributed by atoms with E-state index in [-0.39, 0.29) is 0 Å². The Morgan fingerprint density at radius 1 is 1.26 bits per heavy atom. The Morgan fingerprint density at radius 3 is 2.42 bits per heavy atom. The molecule has 0 heterocycles. The SMILES string of the molecule is COC(=O)c1ccc(NCCC(F)(F)F)c(F)c1F. The van der Waals surface area contributed by atoms with Crippen LogP contribution in [0.2, 0.25) is 0 Å². The number of carbonyl (C=O) groups is 1. The van der Waals surface area contributed by atoms with Crippen LogP contribution in [0.15, 0.2) is 12.1 Å². The maximum atomic E-state index is 13.5. The van der Waals surface area contributed by atoms with Crippen LogP contribution in [0.4, 0.5) is 27.6 Å². The summed E-state index contributed by atoms with van der Waals surface area (Å²) >= 11 is 0. The van der Waals surface area contributed by atoms with Gasteiger partial charge in [0.1, 0.15) is 0 Å². The van der Waals surface area contributed by atoms with Crippen LogP contribution in [0.1, 0.15) is 16.8 Å². The molecule has 0 bridgehead atoms. The van der Waals surface area contributed by atoms with Crippen molar-refractivity contribution in [2.45, 2.75) is 12.6 Å². The number of halogens is 5. The fourth-order valence-corrected chi connectivity index (χ4v) is 1.29. The molecule has 19 heavy (non-hydrogen) atoms. The lowest BCUT2D eigenvalue weighted by atomic mass is 10.1. The summed E-state index contributed by atoms with van der Waals surface area (Å²) in [6.45, 7) is -0.600. The number of methoxy groups -OCH3 is 1. The number of hydrogen-bond acceptors (Lipinski definition) is 3. The van der Waals surface area contributed by atoms with E-state index in [0.717, 1.165) is 19.2 Å². The van der Waals surface area contributed by atoms with Crippen LogP contribution in [0.3, 0.4) is 0 Å². The third kappa shape index (κ3) is 4.08. The zero-order chi connectivity index (χ0) is 14.6. The molecule has 0 aromatic heterocycles. The Bertz CT molecular complexity index is 473. The molecule has 0 radical (unpaired) electrons. The van der Waals surface area contributed by atoms with E-state index in [2.05, 4.69) is 10.1 Å². The maximum absolute atomic E-state index is 13.5. The van der Waals surface area contributed by atoms with Crippen molar-refractivity contribution in [3.05, 3.63) is 29.3 Å². The highest BCUT2D eigenvalue weighted by Crippen LogP contribution is 2.23. The van der Waals surface area contributed by atoms with Gasteiger partial charge in [0.25, 0.3) is 0 Å². The van der Waals surface area contributed by atoms with Gasteiger partial charge in [0.15, 0.2) is 11.6 Å². The van der Waals surface area contributed by atoms with E-state index in [9.17, 15) is 26.7 Å². The quantitative estimate of drug-likeness (QED) is 0.681. The Kier molecular flexibility index (Phi) is 4.68. The maximum Gasteiger partial charge on any atom is 0.390 e. The molecule has 1 aromatic carbocycles. The summed E-state index contributed by atoms with van der Waals surface area (Å²) in [5, 5.41) is 2.11. The molecule has 0 aliphatic heterocycles. The first kappa shape index (κ1) is 15.2. The highest BCUT2D eigenvalue weighted by Gasteiger charge is 2.26. The van der Waals surface area contributed by atoms with Gasteiger partial charge in [0.05, 0.1) is 24.8 Å². The Labute approximate surface area is 105 Å². The molecule has 0 spiro atoms. The van der Waals surface area contributed by atoms with E-state index < -0.39 is 48.0 Å². The molecular formula is C11H10F5NO2. The van der Waals surface area contributed by atoms with Crippen LogP contribution in [-0.4, -0.2) is 25.8 Å². The predicted molar refractivity (Wildman–Crippen MR) is 56.9 cm³/mol. The lowest BCUT2D eigenvalue weighted by molar-refractivity contribution is -0.131. The largest absolute Gasteiger partial charge is 0.465 e. The minimum Gasteiger partial charge on any atom is -0.465 e. The van der Waals surface area contributed by atoms with Crippen molar-refractivity contribution in [2.24, 2.45) is 0 Å². The second-order valence-corrected chi connectivity index (χ2v) is 3.57. The minimum absolute atomic E-state index is 0.450. The lowest BCUT2D eigenvalue weighted by Crippen LogP contribution is -2.16. The summed E-state index contributed by atoms with van der Waals surface area (Å²) in [6, 6.07) is 1.90. The standard InChI is InChI=1S/C11H10F5NO2/c1-19-10(18)6-2-3-7(9(13)8(6)12)17-5-4-11(14,15)16/h2-3,17H,4-5H2,1H3. The third-order valence-electron chi connectivity index (χ3n) is 2.21. The second-order valence-electron chi connectivity index (χ2n) is 3.57. The van der Waals surface area contributed by atoms with Crippen molar-refractivity contribution in [3.8, 4) is 0 Å². The Morgan fingerprint density at radius 2 is 1.89 bits per heavy atom. The van der Waals surface area contributed by atoms with Crippen molar-refractivity contribution < 1.29 is 31.5 Å². The van der Waals surface area contributed by atoms with Gasteiger partial charge >= 0.3 is 12.1 Å². The Balaban J connectivity index is 2.82. The van der Waals surface area contributed by atoms with Gasteiger partial charge in [0, 0.05) is 6.54 Å². The first-order valence-electron chi connectivity index (χ1n) is 5.13. The number of alkyl halides is 3. The van der Waals surface area contributed by atoms with Crippen LogP contribution in [0, 0.1) is 11.6 Å². The molecule has 106 valence electrons. The first-order chi connectivity index (χ1) is 8.76. The zero-order valence-corrected chi connectivity index (χ0v) is 9.78. The van der Waals surface area contributed by atoms with Gasteiger partial charge < -0.3 is 10.1 Å². The van der Waals surface area contributed by atoms with Crippen molar-refractivity contribution in [1.82, 2.24) is 0 Å². The second kappa shape index (κ2) is 5.85. The van der Waals surface area contributed by atoms with Gasteiger partial charge in [-0.05, 0) is 12.1 Å². The molecule has 0 atom stereocenters. The summed E-state index contributed by atoms with van der Waals surface area (Å²) in [5.41, 5.74) is -1.07. The molecule has 0 aliphatic rings. The molecule has 0 unspecified atom stereocenters.